The van der Waals surface area contributed by atoms with E-state index in [2.05, 4.69) is 0 Å². The third-order valence-electron chi connectivity index (χ3n) is 5.58. The number of carboxylic acid groups (broad SMARTS) is 1. The lowest BCUT2D eigenvalue weighted by atomic mass is 10.0. The van der Waals surface area contributed by atoms with Gasteiger partial charge in [0.15, 0.2) is 0 Å². The molecule has 0 aromatic carbocycles. The van der Waals surface area contributed by atoms with Gasteiger partial charge in [-0.25, -0.2) is 0 Å². The lowest BCUT2D eigenvalue weighted by Crippen LogP contribution is -2.50. The minimum absolute atomic E-state index is 0.0797. The molecule has 1 aliphatic carbocycles. The highest BCUT2D eigenvalue weighted by Gasteiger charge is 2.30. The zero-order valence-corrected chi connectivity index (χ0v) is 15.8. The van der Waals surface area contributed by atoms with Crippen LogP contribution in [0.25, 0.3) is 0 Å². The summed E-state index contributed by atoms with van der Waals surface area (Å²) in [5.41, 5.74) is 0. The summed E-state index contributed by atoms with van der Waals surface area (Å²) >= 11 is 0. The van der Waals surface area contributed by atoms with Crippen LogP contribution < -0.4 is 0 Å². The monoisotopic (exact) mass is 354 g/mol. The number of ether oxygens (including phenoxy) is 1. The minimum atomic E-state index is -0.786. The molecule has 1 atom stereocenters. The van der Waals surface area contributed by atoms with Gasteiger partial charge in [0, 0.05) is 19.1 Å². The number of nitrogens with zero attached hydrogens (tertiary/aromatic N) is 2. The van der Waals surface area contributed by atoms with Crippen molar-refractivity contribution in [2.45, 2.75) is 83.5 Å². The molecule has 0 aromatic heterocycles. The smallest absolute Gasteiger partial charge is 0.317 e. The SMILES string of the molecule is CCN(CC(=O)O)C1CCN(C(=O)[C@@H](C)OC2CCCCCC2)CC1. The number of aliphatic carboxylic acids is 1. The molecule has 0 radical (unpaired) electrons. The number of carbonyl (C=O) groups excluding carboxylic acids is 1. The van der Waals surface area contributed by atoms with Crippen LogP contribution in [0.3, 0.4) is 0 Å². The molecule has 0 unspecified atom stereocenters. The normalized spacial score (nSPS) is 22.0. The standard InChI is InChI=1S/C19H34N2O4/c1-3-20(14-18(22)23)16-10-12-21(13-11-16)19(24)15(2)25-17-8-6-4-5-7-9-17/h15-17H,3-14H2,1-2H3,(H,22,23)/t15-/m1/s1. The fourth-order valence-corrected chi connectivity index (χ4v) is 4.11. The highest BCUT2D eigenvalue weighted by atomic mass is 16.5. The minimum Gasteiger partial charge on any atom is -0.480 e. The molecule has 0 aromatic rings. The lowest BCUT2D eigenvalue weighted by molar-refractivity contribution is -0.149. The highest BCUT2D eigenvalue weighted by Crippen LogP contribution is 2.22. The van der Waals surface area contributed by atoms with E-state index in [1.165, 1.54) is 25.7 Å². The van der Waals surface area contributed by atoms with E-state index in [0.717, 1.165) is 32.2 Å². The fourth-order valence-electron chi connectivity index (χ4n) is 4.11. The Hall–Kier alpha value is -1.14. The molecule has 1 amide bonds. The maximum atomic E-state index is 12.7. The summed E-state index contributed by atoms with van der Waals surface area (Å²) < 4.78 is 6.06. The fraction of sp³-hybridized carbons (Fsp3) is 0.895. The summed E-state index contributed by atoms with van der Waals surface area (Å²) in [6, 6.07) is 0.253. The van der Waals surface area contributed by atoms with Crippen LogP contribution in [0.1, 0.15) is 65.2 Å². The zero-order valence-electron chi connectivity index (χ0n) is 15.8. The topological polar surface area (TPSA) is 70.1 Å². The first-order valence-corrected chi connectivity index (χ1v) is 9.91. The third-order valence-corrected chi connectivity index (χ3v) is 5.58. The van der Waals surface area contributed by atoms with E-state index in [0.29, 0.717) is 13.1 Å². The van der Waals surface area contributed by atoms with Crippen LogP contribution in [0.2, 0.25) is 0 Å². The van der Waals surface area contributed by atoms with E-state index in [-0.39, 0.29) is 30.7 Å². The van der Waals surface area contributed by atoms with Crippen molar-refractivity contribution in [1.82, 2.24) is 9.80 Å². The number of carbonyl (C=O) groups is 2. The van der Waals surface area contributed by atoms with Crippen molar-refractivity contribution in [2.24, 2.45) is 0 Å². The van der Waals surface area contributed by atoms with E-state index in [1.54, 1.807) is 0 Å². The zero-order chi connectivity index (χ0) is 18.2. The Balaban J connectivity index is 1.78. The van der Waals surface area contributed by atoms with Gasteiger partial charge in [0.2, 0.25) is 0 Å². The number of rotatable bonds is 7. The van der Waals surface area contributed by atoms with Gasteiger partial charge in [0.25, 0.3) is 5.91 Å². The van der Waals surface area contributed by atoms with Crippen LogP contribution in [0.4, 0.5) is 0 Å². The van der Waals surface area contributed by atoms with Crippen LogP contribution in [0.15, 0.2) is 0 Å². The molecule has 1 aliphatic heterocycles. The van der Waals surface area contributed by atoms with Gasteiger partial charge in [-0.05, 0) is 39.2 Å². The largest absolute Gasteiger partial charge is 0.480 e. The molecule has 1 heterocycles. The van der Waals surface area contributed by atoms with Crippen molar-refractivity contribution in [3.63, 3.8) is 0 Å². The molecule has 2 aliphatic rings. The quantitative estimate of drug-likeness (QED) is 0.712. The first kappa shape index (κ1) is 20.2. The van der Waals surface area contributed by atoms with E-state index < -0.39 is 5.97 Å². The second-order valence-electron chi connectivity index (χ2n) is 7.41. The second-order valence-corrected chi connectivity index (χ2v) is 7.41. The predicted molar refractivity (Wildman–Crippen MR) is 96.5 cm³/mol. The Morgan fingerprint density at radius 2 is 1.72 bits per heavy atom. The van der Waals surface area contributed by atoms with Gasteiger partial charge in [-0.15, -0.1) is 0 Å². The van der Waals surface area contributed by atoms with Gasteiger partial charge in [-0.3, -0.25) is 14.5 Å². The molecule has 0 bridgehead atoms. The summed E-state index contributed by atoms with van der Waals surface area (Å²) in [4.78, 5) is 27.5. The first-order valence-electron chi connectivity index (χ1n) is 9.91. The Bertz CT molecular complexity index is 427. The molecule has 1 N–H and O–H groups in total. The van der Waals surface area contributed by atoms with E-state index in [1.807, 2.05) is 23.6 Å². The number of likely N-dealkylation sites (tertiary alicyclic amines) is 1. The second kappa shape index (κ2) is 10.1. The highest BCUT2D eigenvalue weighted by molar-refractivity contribution is 5.80. The van der Waals surface area contributed by atoms with E-state index in [9.17, 15) is 9.59 Å². The third kappa shape index (κ3) is 6.26. The Morgan fingerprint density at radius 1 is 1.12 bits per heavy atom. The molecule has 1 saturated heterocycles. The van der Waals surface area contributed by atoms with Crippen LogP contribution in [0, 0.1) is 0 Å². The van der Waals surface area contributed by atoms with Crippen LogP contribution in [-0.4, -0.2) is 71.2 Å². The lowest BCUT2D eigenvalue weighted by Gasteiger charge is -2.38. The molecule has 2 fully saturated rings. The van der Waals surface area contributed by atoms with Gasteiger partial charge in [-0.2, -0.15) is 0 Å². The average molecular weight is 354 g/mol. The summed E-state index contributed by atoms with van der Waals surface area (Å²) in [5.74, 6) is -0.699. The summed E-state index contributed by atoms with van der Waals surface area (Å²) in [7, 11) is 0. The molecule has 2 rings (SSSR count). The van der Waals surface area contributed by atoms with Gasteiger partial charge < -0.3 is 14.7 Å². The van der Waals surface area contributed by atoms with E-state index >= 15 is 0 Å². The maximum Gasteiger partial charge on any atom is 0.317 e. The maximum absolute atomic E-state index is 12.7. The average Bonchev–Trinajstić information content (AvgIpc) is 2.87. The van der Waals surface area contributed by atoms with Gasteiger partial charge in [0.05, 0.1) is 12.6 Å². The van der Waals surface area contributed by atoms with Crippen molar-refractivity contribution in [3.05, 3.63) is 0 Å². The number of hydrogen-bond donors (Lipinski definition) is 1. The van der Waals surface area contributed by atoms with Crippen LogP contribution in [-0.2, 0) is 14.3 Å². The number of piperidine rings is 1. The van der Waals surface area contributed by atoms with Crippen molar-refractivity contribution in [1.29, 1.82) is 0 Å². The Labute approximate surface area is 151 Å². The summed E-state index contributed by atoms with van der Waals surface area (Å²) in [6.45, 7) is 6.06. The first-order chi connectivity index (χ1) is 12.0. The summed E-state index contributed by atoms with van der Waals surface area (Å²) in [5, 5.41) is 9.01. The molecule has 6 heteroatoms. The molecule has 144 valence electrons. The van der Waals surface area contributed by atoms with Crippen molar-refractivity contribution < 1.29 is 19.4 Å². The van der Waals surface area contributed by atoms with Crippen molar-refractivity contribution >= 4 is 11.9 Å². The Kier molecular flexibility index (Phi) is 8.16. The molecule has 0 spiro atoms. The van der Waals surface area contributed by atoms with E-state index in [4.69, 9.17) is 9.84 Å². The summed E-state index contributed by atoms with van der Waals surface area (Å²) in [6.07, 6.45) is 8.62. The van der Waals surface area contributed by atoms with Crippen molar-refractivity contribution in [2.75, 3.05) is 26.2 Å². The molecule has 6 nitrogen and oxygen atoms in total. The number of hydrogen-bond acceptors (Lipinski definition) is 4. The number of carboxylic acids is 1. The van der Waals surface area contributed by atoms with Crippen molar-refractivity contribution in [3.8, 4) is 0 Å². The predicted octanol–water partition coefficient (Wildman–Crippen LogP) is 2.51. The molecular weight excluding hydrogens is 320 g/mol. The molecular formula is C19H34N2O4. The van der Waals surface area contributed by atoms with Gasteiger partial charge in [-0.1, -0.05) is 32.6 Å². The molecule has 25 heavy (non-hydrogen) atoms. The number of amides is 1. The number of likely N-dealkylation sites (N-methyl/N-ethyl adjacent to an activating group) is 1. The Morgan fingerprint density at radius 3 is 2.24 bits per heavy atom. The van der Waals surface area contributed by atoms with Gasteiger partial charge in [0.1, 0.15) is 6.10 Å². The van der Waals surface area contributed by atoms with Crippen LogP contribution in [0.5, 0.6) is 0 Å². The van der Waals surface area contributed by atoms with Gasteiger partial charge >= 0.3 is 5.97 Å². The van der Waals surface area contributed by atoms with Crippen LogP contribution >= 0.6 is 0 Å². The molecule has 1 saturated carbocycles.